The van der Waals surface area contributed by atoms with E-state index in [0.717, 1.165) is 38.5 Å². The van der Waals surface area contributed by atoms with Gasteiger partial charge in [0.1, 0.15) is 30.5 Å². The maximum absolute atomic E-state index is 12.9. The Morgan fingerprint density at radius 2 is 1.35 bits per heavy atom. The summed E-state index contributed by atoms with van der Waals surface area (Å²) in [4.78, 5) is 12.9. The molecule has 284 valence electrons. The third kappa shape index (κ3) is 19.9. The van der Waals surface area contributed by atoms with Crippen molar-refractivity contribution in [3.8, 4) is 0 Å². The molecule has 0 aromatic rings. The quantitative estimate of drug-likeness (QED) is 0.0335. The van der Waals surface area contributed by atoms with E-state index >= 15 is 0 Å². The smallest absolute Gasteiger partial charge is 0.394 e. The Hall–Kier alpha value is -1.20. The molecular weight excluding hydrogens is 646 g/mol. The summed E-state index contributed by atoms with van der Waals surface area (Å²) in [7, 11) is -5.10. The first-order valence-corrected chi connectivity index (χ1v) is 19.5. The van der Waals surface area contributed by atoms with Gasteiger partial charge in [0, 0.05) is 0 Å². The second-order valence-corrected chi connectivity index (χ2v) is 14.0. The largest absolute Gasteiger partial charge is 0.397 e. The van der Waals surface area contributed by atoms with Gasteiger partial charge in [-0.1, -0.05) is 129 Å². The highest BCUT2D eigenvalue weighted by Gasteiger charge is 2.48. The molecule has 48 heavy (non-hydrogen) atoms. The molecule has 8 unspecified atom stereocenters. The lowest BCUT2D eigenvalue weighted by atomic mass is 9.99. The van der Waals surface area contributed by atoms with Gasteiger partial charge in [-0.15, -0.1) is 0 Å². The normalized spacial score (nSPS) is 23.7. The number of rotatable bonds is 29. The van der Waals surface area contributed by atoms with E-state index in [-0.39, 0.29) is 6.42 Å². The number of hydrogen-bond donors (Lipinski definition) is 7. The van der Waals surface area contributed by atoms with Crippen LogP contribution in [0.15, 0.2) is 12.2 Å². The number of nitrogens with one attached hydrogen (secondary N) is 1. The standard InChI is InChI=1S/C34H65NO12S/c1-3-5-7-9-11-13-15-17-19-21-23-28(38)33(41)35-26(27(37)22-20-18-16-14-12-10-8-6-4-2)25-45-34-31(40)32(47-48(42,43)44)30(39)29(24-36)46-34/h20,22,26-32,34,36-40H,3-19,21,23-25H2,1-2H3,(H,35,41)(H,42,43,44)/b22-20+. The summed E-state index contributed by atoms with van der Waals surface area (Å²) < 4.78 is 47.1. The van der Waals surface area contributed by atoms with Gasteiger partial charge in [0.15, 0.2) is 6.29 Å². The number of aliphatic hydroxyl groups is 5. The van der Waals surface area contributed by atoms with E-state index in [0.29, 0.717) is 12.8 Å². The Balaban J connectivity index is 2.76. The number of hydrogen-bond acceptors (Lipinski definition) is 11. The van der Waals surface area contributed by atoms with Crippen LogP contribution in [0.4, 0.5) is 0 Å². The van der Waals surface area contributed by atoms with Crippen LogP contribution in [0.2, 0.25) is 0 Å². The number of unbranched alkanes of at least 4 members (excludes halogenated alkanes) is 16. The van der Waals surface area contributed by atoms with Crippen LogP contribution < -0.4 is 5.32 Å². The first kappa shape index (κ1) is 44.8. The average Bonchev–Trinajstić information content (AvgIpc) is 3.05. The number of carbonyl (C=O) groups excluding carboxylic acids is 1. The third-order valence-electron chi connectivity index (χ3n) is 8.68. The van der Waals surface area contributed by atoms with Gasteiger partial charge in [0.2, 0.25) is 5.91 Å². The molecular formula is C34H65NO12S. The van der Waals surface area contributed by atoms with Crippen LogP contribution in [-0.2, 0) is 28.9 Å². The molecule has 7 N–H and O–H groups in total. The molecule has 0 bridgehead atoms. The van der Waals surface area contributed by atoms with Crippen molar-refractivity contribution >= 4 is 16.3 Å². The Morgan fingerprint density at radius 1 is 0.833 bits per heavy atom. The number of allylic oxidation sites excluding steroid dienone is 1. The van der Waals surface area contributed by atoms with E-state index in [9.17, 15) is 38.7 Å². The second kappa shape index (κ2) is 26.6. The summed E-state index contributed by atoms with van der Waals surface area (Å²) in [6.45, 7) is 3.11. The molecule has 1 rings (SSSR count). The first-order chi connectivity index (χ1) is 22.9. The van der Waals surface area contributed by atoms with Crippen molar-refractivity contribution in [2.24, 2.45) is 0 Å². The van der Waals surface area contributed by atoms with Crippen LogP contribution in [0.3, 0.4) is 0 Å². The summed E-state index contributed by atoms with van der Waals surface area (Å²) in [5.74, 6) is -0.708. The first-order valence-electron chi connectivity index (χ1n) is 18.2. The van der Waals surface area contributed by atoms with Gasteiger partial charge in [-0.3, -0.25) is 9.35 Å². The zero-order chi connectivity index (χ0) is 35.8. The van der Waals surface area contributed by atoms with Gasteiger partial charge in [-0.2, -0.15) is 8.42 Å². The molecule has 1 amide bonds. The highest BCUT2D eigenvalue weighted by molar-refractivity contribution is 7.80. The Bertz CT molecular complexity index is 952. The predicted molar refractivity (Wildman–Crippen MR) is 182 cm³/mol. The predicted octanol–water partition coefficient (Wildman–Crippen LogP) is 3.84. The molecule has 0 aromatic heterocycles. The molecule has 0 saturated carbocycles. The molecule has 1 saturated heterocycles. The average molecular weight is 712 g/mol. The highest BCUT2D eigenvalue weighted by atomic mass is 32.3. The maximum Gasteiger partial charge on any atom is 0.397 e. The fourth-order valence-corrected chi connectivity index (χ4v) is 6.20. The van der Waals surface area contributed by atoms with Crippen molar-refractivity contribution in [2.45, 2.75) is 185 Å². The molecule has 14 heteroatoms. The molecule has 0 aliphatic carbocycles. The highest BCUT2D eigenvalue weighted by Crippen LogP contribution is 2.26. The van der Waals surface area contributed by atoms with Crippen LogP contribution >= 0.6 is 0 Å². The van der Waals surface area contributed by atoms with Crippen molar-refractivity contribution in [3.63, 3.8) is 0 Å². The van der Waals surface area contributed by atoms with Gasteiger partial charge >= 0.3 is 10.4 Å². The van der Waals surface area contributed by atoms with Crippen molar-refractivity contribution < 1.29 is 57.0 Å². The lowest BCUT2D eigenvalue weighted by molar-refractivity contribution is -0.298. The summed E-state index contributed by atoms with van der Waals surface area (Å²) in [5.41, 5.74) is 0. The van der Waals surface area contributed by atoms with Crippen molar-refractivity contribution in [1.82, 2.24) is 5.32 Å². The molecule has 0 radical (unpaired) electrons. The minimum Gasteiger partial charge on any atom is -0.394 e. The van der Waals surface area contributed by atoms with Crippen LogP contribution in [-0.4, -0.2) is 107 Å². The fraction of sp³-hybridized carbons (Fsp3) is 0.912. The van der Waals surface area contributed by atoms with Crippen LogP contribution in [0.5, 0.6) is 0 Å². The summed E-state index contributed by atoms with van der Waals surface area (Å²) >= 11 is 0. The maximum atomic E-state index is 12.9. The van der Waals surface area contributed by atoms with Crippen LogP contribution in [0.25, 0.3) is 0 Å². The Labute approximate surface area is 288 Å². The molecule has 1 aliphatic rings. The lowest BCUT2D eigenvalue weighted by Crippen LogP contribution is -2.61. The van der Waals surface area contributed by atoms with Crippen molar-refractivity contribution in [2.75, 3.05) is 13.2 Å². The van der Waals surface area contributed by atoms with E-state index in [2.05, 4.69) is 23.3 Å². The van der Waals surface area contributed by atoms with E-state index in [1.807, 2.05) is 0 Å². The van der Waals surface area contributed by atoms with E-state index in [1.165, 1.54) is 70.3 Å². The topological polar surface area (TPSA) is 212 Å². The zero-order valence-corrected chi connectivity index (χ0v) is 30.0. The molecule has 1 heterocycles. The SMILES string of the molecule is CCCCCCCCC/C=C/C(O)C(COC1OC(CO)C(O)C(OS(=O)(=O)O)C1O)NC(=O)C(O)CCCCCCCCCCCC. The van der Waals surface area contributed by atoms with Crippen molar-refractivity contribution in [1.29, 1.82) is 0 Å². The molecule has 1 aliphatic heterocycles. The van der Waals surface area contributed by atoms with Gasteiger partial charge < -0.3 is 40.3 Å². The number of carbonyl (C=O) groups is 1. The summed E-state index contributed by atoms with van der Waals surface area (Å²) in [6.07, 6.45) is 12.0. The molecule has 8 atom stereocenters. The number of ether oxygens (including phenoxy) is 2. The van der Waals surface area contributed by atoms with Gasteiger partial charge in [0.05, 0.1) is 25.4 Å². The minimum absolute atomic E-state index is 0.245. The van der Waals surface area contributed by atoms with Crippen LogP contribution in [0.1, 0.15) is 136 Å². The number of amides is 1. The van der Waals surface area contributed by atoms with E-state index in [1.54, 1.807) is 6.08 Å². The van der Waals surface area contributed by atoms with Crippen molar-refractivity contribution in [3.05, 3.63) is 12.2 Å². The monoisotopic (exact) mass is 711 g/mol. The fourth-order valence-electron chi connectivity index (χ4n) is 5.69. The number of aliphatic hydroxyl groups excluding tert-OH is 5. The summed E-state index contributed by atoms with van der Waals surface area (Å²) in [5, 5.41) is 54.6. The summed E-state index contributed by atoms with van der Waals surface area (Å²) in [6, 6.07) is -1.11. The molecule has 0 spiro atoms. The van der Waals surface area contributed by atoms with Gasteiger partial charge in [-0.05, 0) is 19.3 Å². The van der Waals surface area contributed by atoms with Crippen LogP contribution in [0, 0.1) is 0 Å². The minimum atomic E-state index is -5.10. The van der Waals surface area contributed by atoms with Gasteiger partial charge in [0.25, 0.3) is 0 Å². The van der Waals surface area contributed by atoms with E-state index < -0.39 is 78.5 Å². The Kier molecular flexibility index (Phi) is 24.8. The molecule has 13 nitrogen and oxygen atoms in total. The molecule has 0 aromatic carbocycles. The lowest BCUT2D eigenvalue weighted by Gasteiger charge is -2.41. The Morgan fingerprint density at radius 3 is 1.88 bits per heavy atom. The van der Waals surface area contributed by atoms with E-state index in [4.69, 9.17) is 14.0 Å². The van der Waals surface area contributed by atoms with Gasteiger partial charge in [-0.25, -0.2) is 4.18 Å². The zero-order valence-electron chi connectivity index (χ0n) is 29.2. The third-order valence-corrected chi connectivity index (χ3v) is 9.14. The molecule has 1 fully saturated rings. The second-order valence-electron chi connectivity index (χ2n) is 13.0.